The summed E-state index contributed by atoms with van der Waals surface area (Å²) in [5.41, 5.74) is 3.43. The third kappa shape index (κ3) is 4.92. The predicted octanol–water partition coefficient (Wildman–Crippen LogP) is 2.82. The standard InChI is InChI=1S/C24H27N5O2S/c30-23(15-20-4-13-32-18-20)29-11-12-31-22-3-2-19(14-21(22)17-29)16-27-7-9-28(10-8-27)24-25-5-1-6-26-24/h1-6,13-14,18H,7-12,15-17H2. The highest BCUT2D eigenvalue weighted by Crippen LogP contribution is 2.26. The second kappa shape index (κ2) is 9.67. The van der Waals surface area contributed by atoms with Crippen molar-refractivity contribution in [1.29, 1.82) is 0 Å². The third-order valence-electron chi connectivity index (χ3n) is 6.01. The van der Waals surface area contributed by atoms with Crippen molar-refractivity contribution >= 4 is 23.2 Å². The molecule has 0 N–H and O–H groups in total. The Bertz CT molecular complexity index is 1040. The van der Waals surface area contributed by atoms with E-state index in [1.54, 1.807) is 23.7 Å². The van der Waals surface area contributed by atoms with Crippen LogP contribution in [0.2, 0.25) is 0 Å². The van der Waals surface area contributed by atoms with Crippen LogP contribution in [-0.4, -0.2) is 65.0 Å². The van der Waals surface area contributed by atoms with Gasteiger partial charge in [0.25, 0.3) is 0 Å². The van der Waals surface area contributed by atoms with E-state index >= 15 is 0 Å². The van der Waals surface area contributed by atoms with E-state index in [2.05, 4.69) is 38.0 Å². The van der Waals surface area contributed by atoms with Crippen LogP contribution < -0.4 is 9.64 Å². The van der Waals surface area contributed by atoms with Gasteiger partial charge in [-0.2, -0.15) is 11.3 Å². The molecule has 166 valence electrons. The summed E-state index contributed by atoms with van der Waals surface area (Å²) in [5.74, 6) is 1.86. The van der Waals surface area contributed by atoms with Gasteiger partial charge in [0.2, 0.25) is 11.9 Å². The number of piperazine rings is 1. The van der Waals surface area contributed by atoms with Gasteiger partial charge in [0.05, 0.1) is 13.0 Å². The van der Waals surface area contributed by atoms with Crippen LogP contribution in [0.1, 0.15) is 16.7 Å². The van der Waals surface area contributed by atoms with Crippen LogP contribution in [0, 0.1) is 0 Å². The average Bonchev–Trinajstić information content (AvgIpc) is 3.24. The number of fused-ring (bicyclic) bond motifs is 1. The Morgan fingerprint density at radius 2 is 1.88 bits per heavy atom. The molecule has 0 atom stereocenters. The number of benzene rings is 1. The fourth-order valence-electron chi connectivity index (χ4n) is 4.26. The minimum atomic E-state index is 0.157. The van der Waals surface area contributed by atoms with Gasteiger partial charge in [-0.1, -0.05) is 6.07 Å². The maximum atomic E-state index is 12.8. The number of carbonyl (C=O) groups excluding carboxylic acids is 1. The summed E-state index contributed by atoms with van der Waals surface area (Å²) in [5, 5.41) is 4.06. The maximum Gasteiger partial charge on any atom is 0.227 e. The van der Waals surface area contributed by atoms with Crippen molar-refractivity contribution in [2.24, 2.45) is 0 Å². The van der Waals surface area contributed by atoms with Crippen LogP contribution in [0.25, 0.3) is 0 Å². The highest BCUT2D eigenvalue weighted by atomic mass is 32.1. The van der Waals surface area contributed by atoms with Crippen LogP contribution in [0.5, 0.6) is 5.75 Å². The Kier molecular flexibility index (Phi) is 6.31. The van der Waals surface area contributed by atoms with E-state index in [1.807, 2.05) is 27.8 Å². The number of nitrogens with zero attached hydrogens (tertiary/aromatic N) is 5. The molecule has 2 aromatic heterocycles. The van der Waals surface area contributed by atoms with Crippen LogP contribution in [0.15, 0.2) is 53.5 Å². The SMILES string of the molecule is O=C(Cc1ccsc1)N1CCOc2ccc(CN3CCN(c4ncccn4)CC3)cc2C1. The van der Waals surface area contributed by atoms with Crippen molar-refractivity contribution in [2.75, 3.05) is 44.2 Å². The summed E-state index contributed by atoms with van der Waals surface area (Å²) in [4.78, 5) is 28.2. The van der Waals surface area contributed by atoms with Gasteiger partial charge in [0.1, 0.15) is 12.4 Å². The zero-order chi connectivity index (χ0) is 21.8. The van der Waals surface area contributed by atoms with E-state index in [0.717, 1.165) is 55.5 Å². The molecule has 1 fully saturated rings. The summed E-state index contributed by atoms with van der Waals surface area (Å²) in [6.45, 7) is 6.42. The third-order valence-corrected chi connectivity index (χ3v) is 6.74. The highest BCUT2D eigenvalue weighted by molar-refractivity contribution is 7.08. The molecule has 3 aromatic rings. The molecule has 1 aromatic carbocycles. The summed E-state index contributed by atoms with van der Waals surface area (Å²) in [6, 6.07) is 10.3. The lowest BCUT2D eigenvalue weighted by molar-refractivity contribution is -0.131. The number of amides is 1. The molecule has 4 heterocycles. The van der Waals surface area contributed by atoms with Crippen LogP contribution in [-0.2, 0) is 24.3 Å². The fourth-order valence-corrected chi connectivity index (χ4v) is 4.93. The number of hydrogen-bond donors (Lipinski definition) is 0. The monoisotopic (exact) mass is 449 g/mol. The number of carbonyl (C=O) groups is 1. The molecule has 0 radical (unpaired) electrons. The van der Waals surface area contributed by atoms with Crippen molar-refractivity contribution in [2.45, 2.75) is 19.5 Å². The second-order valence-electron chi connectivity index (χ2n) is 8.23. The number of hydrogen-bond acceptors (Lipinski definition) is 7. The van der Waals surface area contributed by atoms with Gasteiger partial charge in [-0.25, -0.2) is 9.97 Å². The van der Waals surface area contributed by atoms with Crippen LogP contribution >= 0.6 is 11.3 Å². The summed E-state index contributed by atoms with van der Waals surface area (Å²) < 4.78 is 5.95. The molecule has 5 rings (SSSR count). The van der Waals surface area contributed by atoms with Crippen molar-refractivity contribution in [3.8, 4) is 5.75 Å². The second-order valence-corrected chi connectivity index (χ2v) is 9.01. The van der Waals surface area contributed by atoms with Gasteiger partial charge < -0.3 is 14.5 Å². The first-order valence-corrected chi connectivity index (χ1v) is 12.0. The minimum absolute atomic E-state index is 0.157. The molecule has 2 aliphatic heterocycles. The number of thiophene rings is 1. The van der Waals surface area contributed by atoms with Gasteiger partial charge in [0, 0.05) is 57.2 Å². The topological polar surface area (TPSA) is 61.8 Å². The van der Waals surface area contributed by atoms with Crippen molar-refractivity contribution in [3.63, 3.8) is 0 Å². The first-order chi connectivity index (χ1) is 15.7. The van der Waals surface area contributed by atoms with Crippen LogP contribution in [0.3, 0.4) is 0 Å². The molecular formula is C24H27N5O2S. The van der Waals surface area contributed by atoms with Crippen molar-refractivity contribution in [3.05, 3.63) is 70.2 Å². The zero-order valence-electron chi connectivity index (χ0n) is 18.0. The molecule has 0 aliphatic carbocycles. The molecule has 7 nitrogen and oxygen atoms in total. The Morgan fingerprint density at radius 1 is 1.03 bits per heavy atom. The molecule has 2 aliphatic rings. The number of anilines is 1. The quantitative estimate of drug-likeness (QED) is 0.597. The molecule has 32 heavy (non-hydrogen) atoms. The molecule has 0 spiro atoms. The van der Waals surface area contributed by atoms with E-state index in [4.69, 9.17) is 4.74 Å². The molecule has 8 heteroatoms. The number of aromatic nitrogens is 2. The normalized spacial score (nSPS) is 16.9. The van der Waals surface area contributed by atoms with E-state index in [-0.39, 0.29) is 5.91 Å². The first kappa shape index (κ1) is 20.9. The molecule has 1 amide bonds. The van der Waals surface area contributed by atoms with E-state index in [0.29, 0.717) is 26.1 Å². The highest BCUT2D eigenvalue weighted by Gasteiger charge is 2.22. The number of ether oxygens (including phenoxy) is 1. The fraction of sp³-hybridized carbons (Fsp3) is 0.375. The summed E-state index contributed by atoms with van der Waals surface area (Å²) >= 11 is 1.63. The molecule has 0 unspecified atom stereocenters. The predicted molar refractivity (Wildman–Crippen MR) is 125 cm³/mol. The largest absolute Gasteiger partial charge is 0.491 e. The lowest BCUT2D eigenvalue weighted by Gasteiger charge is -2.34. The van der Waals surface area contributed by atoms with Crippen molar-refractivity contribution < 1.29 is 9.53 Å². The Labute approximate surface area is 192 Å². The molecule has 0 bridgehead atoms. The van der Waals surface area contributed by atoms with Crippen LogP contribution in [0.4, 0.5) is 5.95 Å². The van der Waals surface area contributed by atoms with Gasteiger partial charge >= 0.3 is 0 Å². The summed E-state index contributed by atoms with van der Waals surface area (Å²) in [6.07, 6.45) is 4.04. The Morgan fingerprint density at radius 3 is 2.66 bits per heavy atom. The first-order valence-electron chi connectivity index (χ1n) is 11.0. The summed E-state index contributed by atoms with van der Waals surface area (Å²) in [7, 11) is 0. The molecule has 1 saturated heterocycles. The zero-order valence-corrected chi connectivity index (χ0v) is 18.8. The lowest BCUT2D eigenvalue weighted by Crippen LogP contribution is -2.46. The Balaban J connectivity index is 1.21. The van der Waals surface area contributed by atoms with Gasteiger partial charge in [-0.05, 0) is 46.2 Å². The Hall–Kier alpha value is -2.97. The van der Waals surface area contributed by atoms with Gasteiger partial charge in [-0.15, -0.1) is 0 Å². The van der Waals surface area contributed by atoms with Crippen molar-refractivity contribution in [1.82, 2.24) is 19.8 Å². The molecule has 0 saturated carbocycles. The van der Waals surface area contributed by atoms with E-state index in [9.17, 15) is 4.79 Å². The average molecular weight is 450 g/mol. The maximum absolute atomic E-state index is 12.8. The van der Waals surface area contributed by atoms with Gasteiger partial charge in [0.15, 0.2) is 0 Å². The van der Waals surface area contributed by atoms with E-state index < -0.39 is 0 Å². The minimum Gasteiger partial charge on any atom is -0.491 e. The molecular weight excluding hydrogens is 422 g/mol. The number of rotatable bonds is 5. The smallest absolute Gasteiger partial charge is 0.227 e. The van der Waals surface area contributed by atoms with E-state index in [1.165, 1.54) is 5.56 Å². The lowest BCUT2D eigenvalue weighted by atomic mass is 10.1. The van der Waals surface area contributed by atoms with Gasteiger partial charge in [-0.3, -0.25) is 9.69 Å².